The average molecular weight is 393 g/mol. The van der Waals surface area contributed by atoms with Gasteiger partial charge >= 0.3 is 6.18 Å². The number of rotatable bonds is 5. The second-order valence-electron chi connectivity index (χ2n) is 6.10. The van der Waals surface area contributed by atoms with Crippen molar-refractivity contribution >= 4 is 17.0 Å². The molecule has 0 saturated carbocycles. The van der Waals surface area contributed by atoms with Crippen molar-refractivity contribution in [2.24, 2.45) is 4.99 Å². The van der Waals surface area contributed by atoms with Crippen LogP contribution in [0.3, 0.4) is 0 Å². The molecule has 0 aliphatic rings. The van der Waals surface area contributed by atoms with Crippen molar-refractivity contribution < 1.29 is 17.6 Å². The van der Waals surface area contributed by atoms with Gasteiger partial charge in [0.2, 0.25) is 0 Å². The fourth-order valence-corrected chi connectivity index (χ4v) is 2.79. The molecule has 3 aromatic rings. The number of benzene rings is 2. The van der Waals surface area contributed by atoms with E-state index < -0.39 is 17.6 Å². The summed E-state index contributed by atoms with van der Waals surface area (Å²) in [4.78, 5) is 11.7. The predicted octanol–water partition coefficient (Wildman–Crippen LogP) is 3.63. The van der Waals surface area contributed by atoms with Crippen molar-refractivity contribution in [3.05, 3.63) is 65.2 Å². The van der Waals surface area contributed by atoms with E-state index in [9.17, 15) is 17.6 Å². The minimum Gasteiger partial charge on any atom is -0.356 e. The molecule has 28 heavy (non-hydrogen) atoms. The zero-order valence-corrected chi connectivity index (χ0v) is 15.1. The molecule has 0 amide bonds. The maximum absolute atomic E-state index is 13.2. The summed E-state index contributed by atoms with van der Waals surface area (Å²) >= 11 is 0. The van der Waals surface area contributed by atoms with Crippen LogP contribution in [0.1, 0.15) is 17.0 Å². The van der Waals surface area contributed by atoms with Crippen molar-refractivity contribution in [2.75, 3.05) is 13.6 Å². The van der Waals surface area contributed by atoms with Crippen LogP contribution in [0.5, 0.6) is 0 Å². The van der Waals surface area contributed by atoms with Crippen molar-refractivity contribution in [1.29, 1.82) is 0 Å². The molecule has 3 rings (SSSR count). The Morgan fingerprint density at radius 1 is 1.14 bits per heavy atom. The number of para-hydroxylation sites is 2. The van der Waals surface area contributed by atoms with Crippen LogP contribution >= 0.6 is 0 Å². The molecule has 0 aliphatic heterocycles. The molecule has 0 aliphatic carbocycles. The average Bonchev–Trinajstić information content (AvgIpc) is 3.07. The number of alkyl halides is 3. The molecule has 148 valence electrons. The zero-order chi connectivity index (χ0) is 20.1. The first kappa shape index (κ1) is 19.7. The third-order valence-electron chi connectivity index (χ3n) is 4.14. The lowest BCUT2D eigenvalue weighted by molar-refractivity contribution is -0.138. The number of imidazole rings is 1. The van der Waals surface area contributed by atoms with E-state index in [1.807, 2.05) is 24.3 Å². The van der Waals surface area contributed by atoms with E-state index in [1.165, 1.54) is 7.05 Å². The van der Waals surface area contributed by atoms with Crippen molar-refractivity contribution in [2.45, 2.75) is 19.1 Å². The summed E-state index contributed by atoms with van der Waals surface area (Å²) in [5.41, 5.74) is 0.749. The highest BCUT2D eigenvalue weighted by molar-refractivity contribution is 5.79. The Morgan fingerprint density at radius 2 is 1.93 bits per heavy atom. The Kier molecular flexibility index (Phi) is 5.81. The van der Waals surface area contributed by atoms with Gasteiger partial charge in [-0.15, -0.1) is 0 Å². The minimum atomic E-state index is -4.63. The number of fused-ring (bicyclic) bond motifs is 1. The van der Waals surface area contributed by atoms with Gasteiger partial charge in [0, 0.05) is 26.6 Å². The van der Waals surface area contributed by atoms with Gasteiger partial charge in [-0.2, -0.15) is 13.2 Å². The van der Waals surface area contributed by atoms with E-state index in [-0.39, 0.29) is 12.1 Å². The zero-order valence-electron chi connectivity index (χ0n) is 15.1. The van der Waals surface area contributed by atoms with Crippen LogP contribution in [0, 0.1) is 5.82 Å². The van der Waals surface area contributed by atoms with E-state index in [1.54, 1.807) is 0 Å². The van der Waals surface area contributed by atoms with Gasteiger partial charge in [-0.1, -0.05) is 18.2 Å². The first-order valence-corrected chi connectivity index (χ1v) is 8.60. The molecule has 2 aromatic carbocycles. The van der Waals surface area contributed by atoms with Crippen LogP contribution in [0.2, 0.25) is 0 Å². The Balaban J connectivity index is 1.57. The Morgan fingerprint density at radius 3 is 2.64 bits per heavy atom. The molecular weight excluding hydrogens is 374 g/mol. The lowest BCUT2D eigenvalue weighted by Gasteiger charge is -2.15. The SMILES string of the molecule is CN=C(NCCc1nc2ccccc2[nH]1)NCc1ccc(F)cc1C(F)(F)F. The van der Waals surface area contributed by atoms with Gasteiger partial charge < -0.3 is 15.6 Å². The third-order valence-corrected chi connectivity index (χ3v) is 4.14. The Labute approximate surface area is 158 Å². The number of aromatic amines is 1. The smallest absolute Gasteiger partial charge is 0.356 e. The summed E-state index contributed by atoms with van der Waals surface area (Å²) in [6, 6.07) is 10.3. The van der Waals surface area contributed by atoms with Gasteiger partial charge in [-0.05, 0) is 29.8 Å². The topological polar surface area (TPSA) is 65.1 Å². The largest absolute Gasteiger partial charge is 0.416 e. The lowest BCUT2D eigenvalue weighted by Crippen LogP contribution is -2.38. The second kappa shape index (κ2) is 8.28. The molecule has 3 N–H and O–H groups in total. The maximum Gasteiger partial charge on any atom is 0.416 e. The highest BCUT2D eigenvalue weighted by Crippen LogP contribution is 2.32. The summed E-state index contributed by atoms with van der Waals surface area (Å²) in [5.74, 6) is 0.208. The molecule has 9 heteroatoms. The molecule has 1 heterocycles. The Bertz CT molecular complexity index is 945. The number of aromatic nitrogens is 2. The summed E-state index contributed by atoms with van der Waals surface area (Å²) in [7, 11) is 1.52. The number of H-pyrrole nitrogens is 1. The highest BCUT2D eigenvalue weighted by atomic mass is 19.4. The van der Waals surface area contributed by atoms with Crippen LogP contribution in [-0.4, -0.2) is 29.5 Å². The van der Waals surface area contributed by atoms with E-state index in [4.69, 9.17) is 0 Å². The van der Waals surface area contributed by atoms with Crippen LogP contribution in [0.25, 0.3) is 11.0 Å². The van der Waals surface area contributed by atoms with Crippen molar-refractivity contribution in [1.82, 2.24) is 20.6 Å². The Hall–Kier alpha value is -3.10. The fourth-order valence-electron chi connectivity index (χ4n) is 2.79. The monoisotopic (exact) mass is 393 g/mol. The molecule has 0 saturated heterocycles. The normalized spacial score (nSPS) is 12.4. The molecule has 0 radical (unpaired) electrons. The van der Waals surface area contributed by atoms with E-state index >= 15 is 0 Å². The number of aliphatic imine (C=N–C) groups is 1. The quantitative estimate of drug-likeness (QED) is 0.352. The van der Waals surface area contributed by atoms with Gasteiger partial charge in [0.15, 0.2) is 5.96 Å². The van der Waals surface area contributed by atoms with Crippen molar-refractivity contribution in [3.63, 3.8) is 0 Å². The van der Waals surface area contributed by atoms with Crippen LogP contribution in [0.15, 0.2) is 47.5 Å². The van der Waals surface area contributed by atoms with Crippen LogP contribution in [0.4, 0.5) is 17.6 Å². The molecule has 0 unspecified atom stereocenters. The van der Waals surface area contributed by atoms with Gasteiger partial charge in [-0.3, -0.25) is 4.99 Å². The standard InChI is InChI=1S/C19H19F4N5/c1-24-18(25-9-8-17-27-15-4-2-3-5-16(15)28-17)26-11-12-6-7-13(20)10-14(12)19(21,22)23/h2-7,10H,8-9,11H2,1H3,(H,27,28)(H2,24,25,26). The second-order valence-corrected chi connectivity index (χ2v) is 6.10. The molecule has 0 bridgehead atoms. The van der Waals surface area contributed by atoms with Gasteiger partial charge in [0.1, 0.15) is 11.6 Å². The molecule has 1 aromatic heterocycles. The number of hydrogen-bond donors (Lipinski definition) is 3. The molecule has 0 fully saturated rings. The number of nitrogens with zero attached hydrogens (tertiary/aromatic N) is 2. The van der Waals surface area contributed by atoms with Crippen LogP contribution in [-0.2, 0) is 19.1 Å². The number of halogens is 4. The molecule has 0 atom stereocenters. The van der Waals surface area contributed by atoms with E-state index in [0.717, 1.165) is 29.0 Å². The number of guanidine groups is 1. The first-order chi connectivity index (χ1) is 13.4. The maximum atomic E-state index is 13.2. The third kappa shape index (κ3) is 4.79. The summed E-state index contributed by atoms with van der Waals surface area (Å²) < 4.78 is 52.4. The predicted molar refractivity (Wildman–Crippen MR) is 99.4 cm³/mol. The van der Waals surface area contributed by atoms with E-state index in [2.05, 4.69) is 25.6 Å². The van der Waals surface area contributed by atoms with Gasteiger partial charge in [-0.25, -0.2) is 9.37 Å². The lowest BCUT2D eigenvalue weighted by atomic mass is 10.1. The fraction of sp³-hybridized carbons (Fsp3) is 0.263. The molecule has 0 spiro atoms. The number of nitrogens with one attached hydrogen (secondary N) is 3. The van der Waals surface area contributed by atoms with Crippen molar-refractivity contribution in [3.8, 4) is 0 Å². The summed E-state index contributed by atoms with van der Waals surface area (Å²) in [6.07, 6.45) is -4.04. The highest BCUT2D eigenvalue weighted by Gasteiger charge is 2.33. The minimum absolute atomic E-state index is 0.0610. The summed E-state index contributed by atoms with van der Waals surface area (Å²) in [5, 5.41) is 5.84. The summed E-state index contributed by atoms with van der Waals surface area (Å²) in [6.45, 7) is 0.342. The van der Waals surface area contributed by atoms with Gasteiger partial charge in [0.25, 0.3) is 0 Å². The molecular formula is C19H19F4N5. The molecule has 5 nitrogen and oxygen atoms in total. The number of hydrogen-bond acceptors (Lipinski definition) is 2. The first-order valence-electron chi connectivity index (χ1n) is 8.60. The van der Waals surface area contributed by atoms with Crippen LogP contribution < -0.4 is 10.6 Å². The van der Waals surface area contributed by atoms with E-state index in [0.29, 0.717) is 25.0 Å². The van der Waals surface area contributed by atoms with Gasteiger partial charge in [0.05, 0.1) is 16.6 Å².